The Labute approximate surface area is 490 Å². The zero-order valence-electron chi connectivity index (χ0n) is 43.6. The molecule has 10 nitrogen and oxygen atoms in total. The SMILES string of the molecule is Brc1cc(-c2cccnc2)cc(-c2nc3ccccc3s2)c1.OB(O)c1cc(-c2cccnc2)cc(-c2cccnc2)c1.c1cncc(-c2cc(-c3cccnc3)cc(-c3cc(-c4cccnc4)cc(-c4nc5ccccc5s4)c3)c2)c1. The maximum absolute atomic E-state index is 9.49. The number of aromatic nitrogens is 8. The molecule has 6 aromatic carbocycles. The number of para-hydroxylation sites is 2. The van der Waals surface area contributed by atoms with E-state index in [0.717, 1.165) is 115 Å². The highest BCUT2D eigenvalue weighted by Gasteiger charge is 2.17. The first-order valence-electron chi connectivity index (χ1n) is 26.1. The monoisotopic (exact) mass is 1160 g/mol. The molecule has 14 heteroatoms. The Hall–Kier alpha value is -9.54. The molecule has 0 amide bonds. The normalized spacial score (nSPS) is 10.9. The van der Waals surface area contributed by atoms with Gasteiger partial charge < -0.3 is 10.0 Å². The van der Waals surface area contributed by atoms with Crippen molar-refractivity contribution in [2.24, 2.45) is 0 Å². The van der Waals surface area contributed by atoms with Crippen molar-refractivity contribution in [2.75, 3.05) is 0 Å². The Morgan fingerprint density at radius 2 is 0.561 bits per heavy atom. The maximum atomic E-state index is 9.49. The summed E-state index contributed by atoms with van der Waals surface area (Å²) in [4.78, 5) is 35.2. The number of benzene rings is 6. The van der Waals surface area contributed by atoms with Crippen molar-refractivity contribution in [3.8, 4) is 99.0 Å². The number of fused-ring (bicyclic) bond motifs is 2. The van der Waals surface area contributed by atoms with Crippen molar-refractivity contribution >= 4 is 71.6 Å². The Kier molecular flexibility index (Phi) is 16.1. The zero-order valence-corrected chi connectivity index (χ0v) is 46.9. The van der Waals surface area contributed by atoms with E-state index in [4.69, 9.17) is 9.97 Å². The molecule has 0 saturated carbocycles. The number of hydrogen-bond acceptors (Lipinski definition) is 12. The van der Waals surface area contributed by atoms with Crippen LogP contribution in [0.3, 0.4) is 0 Å². The summed E-state index contributed by atoms with van der Waals surface area (Å²) in [6, 6.07) is 65.6. The minimum absolute atomic E-state index is 0.440. The molecule has 2 N–H and O–H groups in total. The molecule has 8 heterocycles. The highest BCUT2D eigenvalue weighted by molar-refractivity contribution is 9.10. The van der Waals surface area contributed by atoms with Gasteiger partial charge in [-0.1, -0.05) is 88.7 Å². The molecule has 14 rings (SSSR count). The van der Waals surface area contributed by atoms with E-state index in [1.165, 1.54) is 9.40 Å². The molecule has 0 bridgehead atoms. The first-order chi connectivity index (χ1) is 40.3. The molecule has 8 aromatic heterocycles. The fourth-order valence-electron chi connectivity index (χ4n) is 9.42. The van der Waals surface area contributed by atoms with Crippen molar-refractivity contribution in [3.05, 3.63) is 273 Å². The van der Waals surface area contributed by atoms with Gasteiger partial charge in [0.15, 0.2) is 0 Å². The van der Waals surface area contributed by atoms with E-state index >= 15 is 0 Å². The number of pyridine rings is 6. The summed E-state index contributed by atoms with van der Waals surface area (Å²) < 4.78 is 3.43. The molecule has 0 spiro atoms. The van der Waals surface area contributed by atoms with E-state index in [-0.39, 0.29) is 0 Å². The molecule has 0 unspecified atom stereocenters. The van der Waals surface area contributed by atoms with Crippen LogP contribution in [0.1, 0.15) is 0 Å². The van der Waals surface area contributed by atoms with Crippen LogP contribution in [0.4, 0.5) is 0 Å². The lowest BCUT2D eigenvalue weighted by Crippen LogP contribution is -2.29. The summed E-state index contributed by atoms with van der Waals surface area (Å²) in [6.07, 6.45) is 21.7. The van der Waals surface area contributed by atoms with Crippen molar-refractivity contribution in [3.63, 3.8) is 0 Å². The molecule has 82 heavy (non-hydrogen) atoms. The Balaban J connectivity index is 0.000000132. The van der Waals surface area contributed by atoms with Gasteiger partial charge in [-0.05, 0) is 182 Å². The van der Waals surface area contributed by atoms with Gasteiger partial charge in [-0.2, -0.15) is 0 Å². The topological polar surface area (TPSA) is 144 Å². The quantitative estimate of drug-likeness (QED) is 0.127. The lowest BCUT2D eigenvalue weighted by atomic mass is 9.77. The molecule has 0 atom stereocenters. The van der Waals surface area contributed by atoms with Crippen molar-refractivity contribution in [2.45, 2.75) is 0 Å². The van der Waals surface area contributed by atoms with E-state index in [9.17, 15) is 10.0 Å². The first-order valence-corrected chi connectivity index (χ1v) is 28.5. The minimum atomic E-state index is -1.52. The highest BCUT2D eigenvalue weighted by Crippen LogP contribution is 2.40. The first kappa shape index (κ1) is 53.1. The second kappa shape index (κ2) is 24.9. The zero-order chi connectivity index (χ0) is 55.6. The van der Waals surface area contributed by atoms with Crippen LogP contribution in [0, 0.1) is 0 Å². The van der Waals surface area contributed by atoms with E-state index < -0.39 is 7.12 Å². The minimum Gasteiger partial charge on any atom is -0.423 e. The van der Waals surface area contributed by atoms with Crippen LogP contribution in [0.15, 0.2) is 273 Å². The largest absolute Gasteiger partial charge is 0.488 e. The van der Waals surface area contributed by atoms with Crippen molar-refractivity contribution in [1.82, 2.24) is 39.9 Å². The molecule has 0 aliphatic rings. The molecule has 0 saturated heterocycles. The third kappa shape index (κ3) is 12.6. The predicted octanol–water partition coefficient (Wildman–Crippen LogP) is 16.1. The number of hydrogen-bond donors (Lipinski definition) is 2. The average Bonchev–Trinajstić information content (AvgIpc) is 4.35. The van der Waals surface area contributed by atoms with E-state index in [1.807, 2.05) is 97.6 Å². The molecular weight excluding hydrogens is 1120 g/mol. The summed E-state index contributed by atoms with van der Waals surface area (Å²) in [5.74, 6) is 0. The van der Waals surface area contributed by atoms with E-state index in [0.29, 0.717) is 5.46 Å². The highest BCUT2D eigenvalue weighted by atomic mass is 79.9. The Bertz CT molecular complexity index is 4270. The average molecular weight is 1160 g/mol. The standard InChI is InChI=1S/C34H22N4S.C18H11BrN2S.C16H13BN2O2/c1-2-10-33-32(9-1)38-34(39-33)31-18-28(25-8-5-13-37-22-25)17-30(19-31)29-15-26(23-6-3-11-35-20-23)14-27(16-29)24-7-4-12-36-21-24;19-15-9-13(12-4-3-7-20-11-12)8-14(10-15)18-21-16-5-1-2-6-17(16)22-18;20-17(21)16-8-14(12-3-1-5-18-10-12)7-15(9-16)13-4-2-6-19-11-13/h1-22H;1-11H;1-11,20-21H. The number of nitrogens with zero attached hydrogens (tertiary/aromatic N) is 8. The summed E-state index contributed by atoms with van der Waals surface area (Å²) in [5.41, 5.74) is 19.3. The molecule has 0 aliphatic carbocycles. The van der Waals surface area contributed by atoms with Crippen LogP contribution < -0.4 is 5.46 Å². The lowest BCUT2D eigenvalue weighted by molar-refractivity contribution is 0.426. The van der Waals surface area contributed by atoms with Gasteiger partial charge >= 0.3 is 7.12 Å². The van der Waals surface area contributed by atoms with Gasteiger partial charge in [0.2, 0.25) is 0 Å². The number of halogens is 1. The van der Waals surface area contributed by atoms with Gasteiger partial charge in [-0.3, -0.25) is 29.9 Å². The number of thiazole rings is 2. The van der Waals surface area contributed by atoms with E-state index in [1.54, 1.807) is 84.4 Å². The predicted molar refractivity (Wildman–Crippen MR) is 339 cm³/mol. The third-order valence-electron chi connectivity index (χ3n) is 13.4. The van der Waals surface area contributed by atoms with E-state index in [2.05, 4.69) is 155 Å². The summed E-state index contributed by atoms with van der Waals surface area (Å²) in [5, 5.41) is 21.0. The van der Waals surface area contributed by atoms with Crippen molar-refractivity contribution < 1.29 is 10.0 Å². The second-order valence-corrected chi connectivity index (χ2v) is 21.9. The smallest absolute Gasteiger partial charge is 0.423 e. The third-order valence-corrected chi connectivity index (χ3v) is 16.0. The lowest BCUT2D eigenvalue weighted by Gasteiger charge is -2.13. The van der Waals surface area contributed by atoms with Gasteiger partial charge in [-0.15, -0.1) is 22.7 Å². The van der Waals surface area contributed by atoms with Crippen LogP contribution in [-0.2, 0) is 0 Å². The molecule has 0 aliphatic heterocycles. The molecule has 0 fully saturated rings. The maximum Gasteiger partial charge on any atom is 0.488 e. The summed E-state index contributed by atoms with van der Waals surface area (Å²) >= 11 is 7.04. The number of rotatable bonds is 10. The molecule has 0 radical (unpaired) electrons. The molecule has 14 aromatic rings. The second-order valence-electron chi connectivity index (χ2n) is 19.0. The summed E-state index contributed by atoms with van der Waals surface area (Å²) in [7, 11) is -1.52. The van der Waals surface area contributed by atoms with Gasteiger partial charge in [-0.25, -0.2) is 9.97 Å². The van der Waals surface area contributed by atoms with Crippen LogP contribution in [-0.4, -0.2) is 57.0 Å². The van der Waals surface area contributed by atoms with Crippen LogP contribution in [0.2, 0.25) is 0 Å². The van der Waals surface area contributed by atoms with Crippen molar-refractivity contribution in [1.29, 1.82) is 0 Å². The molecular formula is C68H46BBrN8O2S2. The fourth-order valence-corrected chi connectivity index (χ4v) is 11.8. The van der Waals surface area contributed by atoms with Crippen LogP contribution >= 0.6 is 38.6 Å². The Morgan fingerprint density at radius 3 is 0.866 bits per heavy atom. The fraction of sp³-hybridized carbons (Fsp3) is 0. The summed E-state index contributed by atoms with van der Waals surface area (Å²) in [6.45, 7) is 0. The molecule has 392 valence electrons. The van der Waals surface area contributed by atoms with Gasteiger partial charge in [0.05, 0.1) is 20.4 Å². The van der Waals surface area contributed by atoms with Gasteiger partial charge in [0, 0.05) is 112 Å². The van der Waals surface area contributed by atoms with Gasteiger partial charge in [0.1, 0.15) is 10.0 Å². The van der Waals surface area contributed by atoms with Crippen LogP contribution in [0.5, 0.6) is 0 Å². The van der Waals surface area contributed by atoms with Crippen LogP contribution in [0.25, 0.3) is 119 Å². The Morgan fingerprint density at radius 1 is 0.293 bits per heavy atom. The van der Waals surface area contributed by atoms with Gasteiger partial charge in [0.25, 0.3) is 0 Å².